The molecule has 0 aliphatic carbocycles. The molecule has 1 atom stereocenters. The number of hydrogen-bond acceptors (Lipinski definition) is 3. The number of fused-ring (bicyclic) bond motifs is 1. The number of benzene rings is 4. The summed E-state index contributed by atoms with van der Waals surface area (Å²) in [6, 6.07) is 33.6. The Labute approximate surface area is 247 Å². The van der Waals surface area contributed by atoms with Gasteiger partial charge in [0.2, 0.25) is 0 Å². The van der Waals surface area contributed by atoms with E-state index >= 15 is 0 Å². The van der Waals surface area contributed by atoms with Crippen molar-refractivity contribution in [3.8, 4) is 0 Å². The molecule has 2 heterocycles. The van der Waals surface area contributed by atoms with Crippen molar-refractivity contribution in [2.75, 3.05) is 5.75 Å². The van der Waals surface area contributed by atoms with Crippen LogP contribution in [0, 0.1) is 13.8 Å². The highest BCUT2D eigenvalue weighted by molar-refractivity contribution is 9.10. The molecule has 40 heavy (non-hydrogen) atoms. The van der Waals surface area contributed by atoms with Crippen molar-refractivity contribution >= 4 is 50.2 Å². The maximum absolute atomic E-state index is 13.7. The van der Waals surface area contributed by atoms with Crippen LogP contribution >= 0.6 is 27.7 Å². The van der Waals surface area contributed by atoms with Gasteiger partial charge >= 0.3 is 0 Å². The molecule has 200 valence electrons. The maximum atomic E-state index is 13.7. The zero-order valence-electron chi connectivity index (χ0n) is 22.5. The van der Waals surface area contributed by atoms with E-state index in [9.17, 15) is 4.79 Å². The number of carbonyl (C=O) groups excluding carboxylic acids is 1. The number of aromatic nitrogens is 1. The van der Waals surface area contributed by atoms with Gasteiger partial charge in [-0.1, -0.05) is 106 Å². The minimum absolute atomic E-state index is 0.0121. The number of halogens is 1. The highest BCUT2D eigenvalue weighted by Gasteiger charge is 2.33. The van der Waals surface area contributed by atoms with Crippen LogP contribution in [0.4, 0.5) is 0 Å². The Morgan fingerprint density at radius 3 is 2.30 bits per heavy atom. The summed E-state index contributed by atoms with van der Waals surface area (Å²) in [5, 5.41) is 7.76. The highest BCUT2D eigenvalue weighted by Crippen LogP contribution is 2.36. The van der Waals surface area contributed by atoms with Gasteiger partial charge in [0.1, 0.15) is 0 Å². The quantitative estimate of drug-likeness (QED) is 0.174. The minimum atomic E-state index is -0.116. The van der Waals surface area contributed by atoms with Crippen molar-refractivity contribution in [2.45, 2.75) is 37.8 Å². The molecule has 6 rings (SSSR count). The first kappa shape index (κ1) is 26.6. The van der Waals surface area contributed by atoms with Gasteiger partial charge in [0, 0.05) is 39.4 Å². The Balaban J connectivity index is 1.25. The van der Waals surface area contributed by atoms with E-state index in [4.69, 9.17) is 5.10 Å². The van der Waals surface area contributed by atoms with Gasteiger partial charge in [0.25, 0.3) is 5.91 Å². The van der Waals surface area contributed by atoms with Crippen LogP contribution < -0.4 is 0 Å². The average molecular weight is 609 g/mol. The van der Waals surface area contributed by atoms with E-state index in [2.05, 4.69) is 125 Å². The molecule has 4 aromatic carbocycles. The summed E-state index contributed by atoms with van der Waals surface area (Å²) < 4.78 is 3.30. The molecule has 0 saturated heterocycles. The van der Waals surface area contributed by atoms with Crippen LogP contribution in [0.1, 0.15) is 40.3 Å². The van der Waals surface area contributed by atoms with Crippen LogP contribution in [0.25, 0.3) is 10.9 Å². The number of thioether (sulfide) groups is 1. The van der Waals surface area contributed by atoms with Gasteiger partial charge in [0.15, 0.2) is 0 Å². The van der Waals surface area contributed by atoms with Gasteiger partial charge in [-0.2, -0.15) is 5.10 Å². The molecule has 4 nitrogen and oxygen atoms in total. The largest absolute Gasteiger partial charge is 0.342 e. The number of amides is 1. The first-order valence-corrected chi connectivity index (χ1v) is 15.2. The van der Waals surface area contributed by atoms with Gasteiger partial charge in [0.05, 0.1) is 17.5 Å². The van der Waals surface area contributed by atoms with Gasteiger partial charge in [-0.05, 0) is 48.7 Å². The summed E-state index contributed by atoms with van der Waals surface area (Å²) in [6.45, 7) is 4.98. The zero-order chi connectivity index (χ0) is 27.6. The van der Waals surface area contributed by atoms with Crippen molar-refractivity contribution in [3.05, 3.63) is 136 Å². The van der Waals surface area contributed by atoms with Crippen molar-refractivity contribution in [1.82, 2.24) is 9.58 Å². The standard InChI is InChI=1S/C34H30BrN3OS/c1-23-7-11-25(12-8-23)20-37-21-33(29-5-3-4-6-31(29)37)40-22-34(39)38-32(27-13-9-24(2)10-14-27)19-30(36-38)26-15-17-28(35)18-16-26/h3-18,21,32H,19-20,22H2,1-2H3/t32-/m1/s1. The fourth-order valence-electron chi connectivity index (χ4n) is 5.16. The van der Waals surface area contributed by atoms with E-state index in [-0.39, 0.29) is 11.9 Å². The third-order valence-electron chi connectivity index (χ3n) is 7.38. The van der Waals surface area contributed by atoms with Crippen LogP contribution in [0.2, 0.25) is 0 Å². The summed E-state index contributed by atoms with van der Waals surface area (Å²) in [6.07, 6.45) is 2.87. The van der Waals surface area contributed by atoms with Gasteiger partial charge in [-0.3, -0.25) is 4.79 Å². The van der Waals surface area contributed by atoms with Crippen LogP contribution in [0.5, 0.6) is 0 Å². The molecule has 0 spiro atoms. The fourth-order valence-corrected chi connectivity index (χ4v) is 6.37. The first-order chi connectivity index (χ1) is 19.4. The Kier molecular flexibility index (Phi) is 7.63. The Morgan fingerprint density at radius 2 is 1.57 bits per heavy atom. The van der Waals surface area contributed by atoms with E-state index in [0.29, 0.717) is 12.2 Å². The smallest absolute Gasteiger partial charge is 0.253 e. The number of nitrogens with zero attached hydrogens (tertiary/aromatic N) is 3. The van der Waals surface area contributed by atoms with Gasteiger partial charge < -0.3 is 4.57 Å². The van der Waals surface area contributed by atoms with E-state index in [1.807, 2.05) is 12.1 Å². The summed E-state index contributed by atoms with van der Waals surface area (Å²) >= 11 is 5.11. The molecule has 1 aliphatic heterocycles. The second-order valence-corrected chi connectivity index (χ2v) is 12.3. The van der Waals surface area contributed by atoms with Crippen LogP contribution in [0.3, 0.4) is 0 Å². The molecule has 1 amide bonds. The van der Waals surface area contributed by atoms with Crippen molar-refractivity contribution in [2.24, 2.45) is 5.10 Å². The van der Waals surface area contributed by atoms with Crippen molar-refractivity contribution in [1.29, 1.82) is 0 Å². The number of para-hydroxylation sites is 1. The van der Waals surface area contributed by atoms with Gasteiger partial charge in [-0.25, -0.2) is 5.01 Å². The normalized spacial score (nSPS) is 15.0. The molecule has 0 N–H and O–H groups in total. The lowest BCUT2D eigenvalue weighted by Gasteiger charge is -2.22. The van der Waals surface area contributed by atoms with E-state index < -0.39 is 0 Å². The van der Waals surface area contributed by atoms with Crippen LogP contribution in [-0.4, -0.2) is 26.9 Å². The molecule has 0 radical (unpaired) electrons. The fraction of sp³-hybridized carbons (Fsp3) is 0.176. The lowest BCUT2D eigenvalue weighted by Crippen LogP contribution is -2.28. The molecular formula is C34H30BrN3OS. The molecular weight excluding hydrogens is 578 g/mol. The Hall–Kier alpha value is -3.61. The zero-order valence-corrected chi connectivity index (χ0v) is 25.0. The Bertz CT molecular complexity index is 1690. The van der Waals surface area contributed by atoms with Crippen molar-refractivity contribution in [3.63, 3.8) is 0 Å². The molecule has 0 unspecified atom stereocenters. The first-order valence-electron chi connectivity index (χ1n) is 13.4. The number of hydrogen-bond donors (Lipinski definition) is 0. The number of hydrazone groups is 1. The maximum Gasteiger partial charge on any atom is 0.253 e. The lowest BCUT2D eigenvalue weighted by molar-refractivity contribution is -0.130. The number of carbonyl (C=O) groups is 1. The second-order valence-electron chi connectivity index (χ2n) is 10.3. The molecule has 0 bridgehead atoms. The third-order valence-corrected chi connectivity index (χ3v) is 8.94. The van der Waals surface area contributed by atoms with E-state index in [1.165, 1.54) is 27.6 Å². The number of aryl methyl sites for hydroxylation is 2. The summed E-state index contributed by atoms with van der Waals surface area (Å²) in [5.41, 5.74) is 7.97. The molecule has 1 aromatic heterocycles. The second kappa shape index (κ2) is 11.5. The topological polar surface area (TPSA) is 37.6 Å². The average Bonchev–Trinajstić information content (AvgIpc) is 3.56. The SMILES string of the molecule is Cc1ccc(Cn2cc(SCC(=O)N3N=C(c4ccc(Br)cc4)C[C@@H]3c3ccc(C)cc3)c3ccccc32)cc1. The van der Waals surface area contributed by atoms with Crippen molar-refractivity contribution < 1.29 is 4.79 Å². The van der Waals surface area contributed by atoms with Crippen LogP contribution in [0.15, 0.2) is 118 Å². The highest BCUT2D eigenvalue weighted by atomic mass is 79.9. The van der Waals surface area contributed by atoms with E-state index in [0.717, 1.165) is 32.8 Å². The van der Waals surface area contributed by atoms with Crippen LogP contribution in [-0.2, 0) is 11.3 Å². The molecule has 0 fully saturated rings. The Morgan fingerprint density at radius 1 is 0.900 bits per heavy atom. The summed E-state index contributed by atoms with van der Waals surface area (Å²) in [7, 11) is 0. The molecule has 6 heteroatoms. The monoisotopic (exact) mass is 607 g/mol. The molecule has 5 aromatic rings. The number of rotatable bonds is 7. The summed E-state index contributed by atoms with van der Waals surface area (Å²) in [4.78, 5) is 14.9. The van der Waals surface area contributed by atoms with Gasteiger partial charge in [-0.15, -0.1) is 11.8 Å². The third kappa shape index (κ3) is 5.65. The predicted octanol–water partition coefficient (Wildman–Crippen LogP) is 8.54. The molecule has 0 saturated carbocycles. The molecule has 1 aliphatic rings. The summed E-state index contributed by atoms with van der Waals surface area (Å²) in [5.74, 6) is 0.330. The minimum Gasteiger partial charge on any atom is -0.342 e. The predicted molar refractivity (Wildman–Crippen MR) is 169 cm³/mol. The lowest BCUT2D eigenvalue weighted by atomic mass is 9.98. The van der Waals surface area contributed by atoms with E-state index in [1.54, 1.807) is 16.8 Å².